The SMILES string of the molecule is Cn1cnnc1CCNc1cccnn1. The number of aromatic nitrogens is 5. The number of nitrogens with zero attached hydrogens (tertiary/aromatic N) is 5. The van der Waals surface area contributed by atoms with Crippen LogP contribution in [0.4, 0.5) is 5.82 Å². The topological polar surface area (TPSA) is 68.5 Å². The van der Waals surface area contributed by atoms with E-state index in [1.165, 1.54) is 0 Å². The van der Waals surface area contributed by atoms with Crippen LogP contribution < -0.4 is 5.32 Å². The fraction of sp³-hybridized carbons (Fsp3) is 0.333. The van der Waals surface area contributed by atoms with Gasteiger partial charge in [-0.1, -0.05) is 0 Å². The Morgan fingerprint density at radius 2 is 2.27 bits per heavy atom. The first kappa shape index (κ1) is 9.57. The zero-order chi connectivity index (χ0) is 10.5. The van der Waals surface area contributed by atoms with Gasteiger partial charge in [0.2, 0.25) is 0 Å². The maximum atomic E-state index is 3.98. The Balaban J connectivity index is 1.83. The fourth-order valence-corrected chi connectivity index (χ4v) is 1.23. The molecule has 2 aromatic heterocycles. The maximum absolute atomic E-state index is 3.98. The van der Waals surface area contributed by atoms with Crippen LogP contribution in [0, 0.1) is 0 Å². The van der Waals surface area contributed by atoms with Crippen molar-refractivity contribution in [2.45, 2.75) is 6.42 Å². The van der Waals surface area contributed by atoms with Crippen LogP contribution >= 0.6 is 0 Å². The summed E-state index contributed by atoms with van der Waals surface area (Å²) in [6.45, 7) is 0.769. The van der Waals surface area contributed by atoms with Crippen molar-refractivity contribution in [3.05, 3.63) is 30.5 Å². The standard InChI is InChI=1S/C9H12N6/c1-15-7-12-14-9(15)4-6-10-8-3-2-5-11-13-8/h2-3,5,7H,4,6H2,1H3,(H,10,13). The summed E-state index contributed by atoms with van der Waals surface area (Å²) >= 11 is 0. The van der Waals surface area contributed by atoms with Crippen LogP contribution in [0.5, 0.6) is 0 Å². The second kappa shape index (κ2) is 4.50. The average Bonchev–Trinajstić information content (AvgIpc) is 2.66. The molecule has 0 aliphatic carbocycles. The highest BCUT2D eigenvalue weighted by molar-refractivity contribution is 5.31. The third-order valence-electron chi connectivity index (χ3n) is 2.03. The Morgan fingerprint density at radius 1 is 1.33 bits per heavy atom. The molecule has 2 rings (SSSR count). The van der Waals surface area contributed by atoms with Gasteiger partial charge in [0.15, 0.2) is 0 Å². The monoisotopic (exact) mass is 204 g/mol. The number of nitrogens with one attached hydrogen (secondary N) is 1. The first-order chi connectivity index (χ1) is 7.36. The average molecular weight is 204 g/mol. The lowest BCUT2D eigenvalue weighted by Crippen LogP contribution is -2.09. The van der Waals surface area contributed by atoms with Gasteiger partial charge in [0, 0.05) is 26.2 Å². The summed E-state index contributed by atoms with van der Waals surface area (Å²) in [5.41, 5.74) is 0. The Kier molecular flexibility index (Phi) is 2.87. The van der Waals surface area contributed by atoms with Gasteiger partial charge in [-0.3, -0.25) is 0 Å². The predicted octanol–water partition coefficient (Wildman–Crippen LogP) is 0.260. The van der Waals surface area contributed by atoms with Gasteiger partial charge in [-0.05, 0) is 12.1 Å². The predicted molar refractivity (Wildman–Crippen MR) is 55.2 cm³/mol. The van der Waals surface area contributed by atoms with Crippen LogP contribution in [0.25, 0.3) is 0 Å². The Labute approximate surface area is 87.4 Å². The molecule has 6 nitrogen and oxygen atoms in total. The van der Waals surface area contributed by atoms with E-state index in [-0.39, 0.29) is 0 Å². The molecule has 0 spiro atoms. The number of aryl methyl sites for hydroxylation is 1. The molecule has 0 aromatic carbocycles. The molecular weight excluding hydrogens is 192 g/mol. The van der Waals surface area contributed by atoms with E-state index in [0.717, 1.165) is 24.6 Å². The van der Waals surface area contributed by atoms with Crippen LogP contribution in [0.2, 0.25) is 0 Å². The van der Waals surface area contributed by atoms with E-state index in [1.54, 1.807) is 12.5 Å². The lowest BCUT2D eigenvalue weighted by atomic mass is 10.4. The van der Waals surface area contributed by atoms with Gasteiger partial charge in [-0.25, -0.2) is 0 Å². The molecule has 0 saturated heterocycles. The summed E-state index contributed by atoms with van der Waals surface area (Å²) in [7, 11) is 1.93. The van der Waals surface area contributed by atoms with Crippen LogP contribution in [-0.2, 0) is 13.5 Å². The maximum Gasteiger partial charge on any atom is 0.148 e. The molecular formula is C9H12N6. The van der Waals surface area contributed by atoms with Crippen molar-refractivity contribution in [2.24, 2.45) is 7.05 Å². The van der Waals surface area contributed by atoms with Crippen molar-refractivity contribution in [3.8, 4) is 0 Å². The molecule has 15 heavy (non-hydrogen) atoms. The summed E-state index contributed by atoms with van der Waals surface area (Å²) in [6.07, 6.45) is 4.15. The van der Waals surface area contributed by atoms with E-state index < -0.39 is 0 Å². The molecule has 2 heterocycles. The zero-order valence-corrected chi connectivity index (χ0v) is 8.46. The van der Waals surface area contributed by atoms with Crippen molar-refractivity contribution in [1.29, 1.82) is 0 Å². The van der Waals surface area contributed by atoms with Gasteiger partial charge in [0.25, 0.3) is 0 Å². The smallest absolute Gasteiger partial charge is 0.148 e. The number of rotatable bonds is 4. The minimum Gasteiger partial charge on any atom is -0.368 e. The second-order valence-electron chi connectivity index (χ2n) is 3.14. The van der Waals surface area contributed by atoms with E-state index in [2.05, 4.69) is 25.7 Å². The molecule has 0 aliphatic rings. The van der Waals surface area contributed by atoms with Crippen LogP contribution in [-0.4, -0.2) is 31.5 Å². The highest BCUT2D eigenvalue weighted by Crippen LogP contribution is 1.98. The Hall–Kier alpha value is -1.98. The lowest BCUT2D eigenvalue weighted by Gasteiger charge is -2.03. The van der Waals surface area contributed by atoms with E-state index in [0.29, 0.717) is 0 Å². The Morgan fingerprint density at radius 3 is 2.93 bits per heavy atom. The highest BCUT2D eigenvalue weighted by atomic mass is 15.2. The Bertz CT molecular complexity index is 410. The van der Waals surface area contributed by atoms with Crippen molar-refractivity contribution >= 4 is 5.82 Å². The highest BCUT2D eigenvalue weighted by Gasteiger charge is 1.99. The van der Waals surface area contributed by atoms with Crippen molar-refractivity contribution < 1.29 is 0 Å². The second-order valence-corrected chi connectivity index (χ2v) is 3.14. The molecule has 0 bridgehead atoms. The lowest BCUT2D eigenvalue weighted by molar-refractivity contribution is 0.786. The third kappa shape index (κ3) is 2.49. The first-order valence-corrected chi connectivity index (χ1v) is 4.71. The van der Waals surface area contributed by atoms with Gasteiger partial charge in [0.05, 0.1) is 0 Å². The molecule has 0 saturated carbocycles. The van der Waals surface area contributed by atoms with Crippen LogP contribution in [0.1, 0.15) is 5.82 Å². The van der Waals surface area contributed by atoms with Crippen LogP contribution in [0.15, 0.2) is 24.7 Å². The molecule has 78 valence electrons. The molecule has 0 unspecified atom stereocenters. The minimum absolute atomic E-state index is 0.769. The zero-order valence-electron chi connectivity index (χ0n) is 8.46. The molecule has 6 heteroatoms. The third-order valence-corrected chi connectivity index (χ3v) is 2.03. The van der Waals surface area contributed by atoms with Gasteiger partial charge in [-0.2, -0.15) is 5.10 Å². The largest absolute Gasteiger partial charge is 0.368 e. The quantitative estimate of drug-likeness (QED) is 0.773. The van der Waals surface area contributed by atoms with Crippen LogP contribution in [0.3, 0.4) is 0 Å². The van der Waals surface area contributed by atoms with Gasteiger partial charge >= 0.3 is 0 Å². The molecule has 2 aromatic rings. The van der Waals surface area contributed by atoms with E-state index in [4.69, 9.17) is 0 Å². The molecule has 1 N–H and O–H groups in total. The molecule has 0 fully saturated rings. The normalized spacial score (nSPS) is 10.2. The first-order valence-electron chi connectivity index (χ1n) is 4.71. The summed E-state index contributed by atoms with van der Waals surface area (Å²) in [5, 5.41) is 18.6. The van der Waals surface area contributed by atoms with Gasteiger partial charge in [0.1, 0.15) is 18.0 Å². The van der Waals surface area contributed by atoms with E-state index in [9.17, 15) is 0 Å². The molecule has 0 atom stereocenters. The van der Waals surface area contributed by atoms with E-state index in [1.807, 2.05) is 23.7 Å². The fourth-order valence-electron chi connectivity index (χ4n) is 1.23. The number of anilines is 1. The van der Waals surface area contributed by atoms with E-state index >= 15 is 0 Å². The number of hydrogen-bond acceptors (Lipinski definition) is 5. The van der Waals surface area contributed by atoms with Crippen molar-refractivity contribution in [2.75, 3.05) is 11.9 Å². The summed E-state index contributed by atoms with van der Waals surface area (Å²) in [4.78, 5) is 0. The molecule has 0 aliphatic heterocycles. The summed E-state index contributed by atoms with van der Waals surface area (Å²) in [6, 6.07) is 3.72. The number of hydrogen-bond donors (Lipinski definition) is 1. The summed E-state index contributed by atoms with van der Waals surface area (Å²) in [5.74, 6) is 1.73. The minimum atomic E-state index is 0.769. The van der Waals surface area contributed by atoms with Crippen molar-refractivity contribution in [1.82, 2.24) is 25.0 Å². The van der Waals surface area contributed by atoms with Gasteiger partial charge < -0.3 is 9.88 Å². The van der Waals surface area contributed by atoms with Gasteiger partial charge in [-0.15, -0.1) is 15.3 Å². The molecule has 0 radical (unpaired) electrons. The molecule has 0 amide bonds. The summed E-state index contributed by atoms with van der Waals surface area (Å²) < 4.78 is 1.90. The van der Waals surface area contributed by atoms with Crippen molar-refractivity contribution in [3.63, 3.8) is 0 Å².